The minimum Gasteiger partial charge on any atom is -0.496 e. The fraction of sp³-hybridized carbons (Fsp3) is 0.571. The normalized spacial score (nSPS) is 19.2. The Balaban J connectivity index is 2.54. The van der Waals surface area contributed by atoms with Gasteiger partial charge in [-0.25, -0.2) is 0 Å². The molecule has 0 saturated carbocycles. The Morgan fingerprint density at radius 2 is 2.17 bits per heavy atom. The third kappa shape index (κ3) is 2.00. The van der Waals surface area contributed by atoms with Crippen LogP contribution in [-0.4, -0.2) is 26.9 Å². The Morgan fingerprint density at radius 3 is 2.61 bits per heavy atom. The molecule has 0 bridgehead atoms. The van der Waals surface area contributed by atoms with Gasteiger partial charge < -0.3 is 15.2 Å². The molecule has 1 saturated heterocycles. The van der Waals surface area contributed by atoms with Crippen LogP contribution in [-0.2, 0) is 10.2 Å². The van der Waals surface area contributed by atoms with E-state index < -0.39 is 0 Å². The Hall–Kier alpha value is -0.770. The number of ether oxygens (including phenoxy) is 2. The number of aryl methyl sites for hydroxylation is 1. The lowest BCUT2D eigenvalue weighted by molar-refractivity contribution is -0.0863. The van der Waals surface area contributed by atoms with Gasteiger partial charge in [-0.3, -0.25) is 0 Å². The third-order valence-electron chi connectivity index (χ3n) is 4.00. The van der Waals surface area contributed by atoms with Crippen molar-refractivity contribution in [1.29, 1.82) is 0 Å². The molecule has 1 atom stereocenters. The van der Waals surface area contributed by atoms with Crippen molar-refractivity contribution in [2.24, 2.45) is 11.7 Å². The minimum atomic E-state index is -0.0598. The summed E-state index contributed by atoms with van der Waals surface area (Å²) >= 11 is 6.19. The summed E-state index contributed by atoms with van der Waals surface area (Å²) < 4.78 is 11.0. The fourth-order valence-corrected chi connectivity index (χ4v) is 2.90. The van der Waals surface area contributed by atoms with E-state index in [-0.39, 0.29) is 5.41 Å². The molecule has 1 aliphatic rings. The van der Waals surface area contributed by atoms with Crippen LogP contribution in [0.3, 0.4) is 0 Å². The molecule has 4 heteroatoms. The van der Waals surface area contributed by atoms with E-state index in [4.69, 9.17) is 26.8 Å². The molecule has 1 fully saturated rings. The van der Waals surface area contributed by atoms with Crippen molar-refractivity contribution in [1.82, 2.24) is 0 Å². The lowest BCUT2D eigenvalue weighted by atomic mass is 9.68. The summed E-state index contributed by atoms with van der Waals surface area (Å²) in [6, 6.07) is 3.91. The zero-order valence-electron chi connectivity index (χ0n) is 11.1. The van der Waals surface area contributed by atoms with Crippen LogP contribution in [0.15, 0.2) is 12.1 Å². The van der Waals surface area contributed by atoms with Crippen LogP contribution in [0.4, 0.5) is 0 Å². The lowest BCUT2D eigenvalue weighted by Crippen LogP contribution is -2.53. The summed E-state index contributed by atoms with van der Waals surface area (Å²) in [6.07, 6.45) is 0. The third-order valence-corrected chi connectivity index (χ3v) is 4.21. The van der Waals surface area contributed by atoms with Crippen LogP contribution < -0.4 is 10.5 Å². The molecule has 1 unspecified atom stereocenters. The average molecular weight is 270 g/mol. The van der Waals surface area contributed by atoms with Gasteiger partial charge in [0.15, 0.2) is 0 Å². The summed E-state index contributed by atoms with van der Waals surface area (Å²) in [6.45, 7) is 6.15. The SMILES string of the molecule is COc1c(C)cc(Cl)cc1C1(C(C)CN)COC1. The number of rotatable bonds is 4. The molecule has 1 heterocycles. The summed E-state index contributed by atoms with van der Waals surface area (Å²) in [4.78, 5) is 0. The Morgan fingerprint density at radius 1 is 1.50 bits per heavy atom. The standard InChI is InChI=1S/C14H20ClNO2/c1-9-4-11(15)5-12(13(9)17-3)14(7-18-8-14)10(2)6-16/h4-5,10H,6-8,16H2,1-3H3. The Bertz CT molecular complexity index is 444. The van der Waals surface area contributed by atoms with E-state index in [1.54, 1.807) is 7.11 Å². The molecule has 1 aliphatic heterocycles. The van der Waals surface area contributed by atoms with E-state index in [1.807, 2.05) is 19.1 Å². The quantitative estimate of drug-likeness (QED) is 0.914. The largest absolute Gasteiger partial charge is 0.496 e. The second kappa shape index (κ2) is 5.08. The molecular formula is C14H20ClNO2. The van der Waals surface area contributed by atoms with E-state index in [1.165, 1.54) is 0 Å². The molecule has 0 aliphatic carbocycles. The highest BCUT2D eigenvalue weighted by Crippen LogP contribution is 2.45. The predicted molar refractivity (Wildman–Crippen MR) is 73.5 cm³/mol. The zero-order chi connectivity index (χ0) is 13.3. The van der Waals surface area contributed by atoms with Gasteiger partial charge in [-0.15, -0.1) is 0 Å². The zero-order valence-corrected chi connectivity index (χ0v) is 11.9. The van der Waals surface area contributed by atoms with Gasteiger partial charge in [-0.1, -0.05) is 18.5 Å². The highest BCUT2D eigenvalue weighted by molar-refractivity contribution is 6.30. The van der Waals surface area contributed by atoms with Crippen molar-refractivity contribution in [2.45, 2.75) is 19.3 Å². The van der Waals surface area contributed by atoms with Gasteiger partial charge in [0, 0.05) is 16.0 Å². The van der Waals surface area contributed by atoms with Crippen molar-refractivity contribution in [2.75, 3.05) is 26.9 Å². The maximum absolute atomic E-state index is 6.19. The van der Waals surface area contributed by atoms with Gasteiger partial charge >= 0.3 is 0 Å². The van der Waals surface area contributed by atoms with Crippen molar-refractivity contribution in [3.63, 3.8) is 0 Å². The van der Waals surface area contributed by atoms with Gasteiger partial charge in [0.05, 0.1) is 20.3 Å². The Kier molecular flexibility index (Phi) is 3.85. The smallest absolute Gasteiger partial charge is 0.125 e. The summed E-state index contributed by atoms with van der Waals surface area (Å²) in [7, 11) is 1.69. The van der Waals surface area contributed by atoms with Crippen LogP contribution in [0.2, 0.25) is 5.02 Å². The summed E-state index contributed by atoms with van der Waals surface area (Å²) in [5.41, 5.74) is 7.96. The first-order chi connectivity index (χ1) is 8.55. The van der Waals surface area contributed by atoms with E-state index in [0.717, 1.165) is 21.9 Å². The fourth-order valence-electron chi connectivity index (χ4n) is 2.62. The maximum Gasteiger partial charge on any atom is 0.125 e. The highest BCUT2D eigenvalue weighted by atomic mass is 35.5. The lowest BCUT2D eigenvalue weighted by Gasteiger charge is -2.47. The molecule has 0 amide bonds. The molecule has 2 N–H and O–H groups in total. The van der Waals surface area contributed by atoms with Crippen molar-refractivity contribution < 1.29 is 9.47 Å². The number of methoxy groups -OCH3 is 1. The molecule has 18 heavy (non-hydrogen) atoms. The first kappa shape index (κ1) is 13.7. The molecule has 0 spiro atoms. The van der Waals surface area contributed by atoms with E-state index in [0.29, 0.717) is 25.7 Å². The average Bonchev–Trinajstić information content (AvgIpc) is 2.26. The molecule has 1 aromatic carbocycles. The molecule has 2 rings (SSSR count). The number of hydrogen-bond acceptors (Lipinski definition) is 3. The first-order valence-corrected chi connectivity index (χ1v) is 6.55. The maximum atomic E-state index is 6.19. The molecule has 0 radical (unpaired) electrons. The number of hydrogen-bond donors (Lipinski definition) is 1. The van der Waals surface area contributed by atoms with Gasteiger partial charge in [-0.2, -0.15) is 0 Å². The molecule has 3 nitrogen and oxygen atoms in total. The second-order valence-corrected chi connectivity index (χ2v) is 5.53. The Labute approximate surface area is 113 Å². The van der Waals surface area contributed by atoms with Crippen LogP contribution in [0.25, 0.3) is 0 Å². The monoisotopic (exact) mass is 269 g/mol. The number of halogens is 1. The van der Waals surface area contributed by atoms with Crippen molar-refractivity contribution in [3.05, 3.63) is 28.3 Å². The molecule has 1 aromatic rings. The van der Waals surface area contributed by atoms with E-state index >= 15 is 0 Å². The van der Waals surface area contributed by atoms with Crippen molar-refractivity contribution >= 4 is 11.6 Å². The van der Waals surface area contributed by atoms with Gasteiger partial charge in [0.25, 0.3) is 0 Å². The first-order valence-electron chi connectivity index (χ1n) is 6.17. The van der Waals surface area contributed by atoms with Crippen LogP contribution >= 0.6 is 11.6 Å². The number of benzene rings is 1. The van der Waals surface area contributed by atoms with Crippen LogP contribution in [0.1, 0.15) is 18.1 Å². The van der Waals surface area contributed by atoms with Crippen LogP contribution in [0, 0.1) is 12.8 Å². The summed E-state index contributed by atoms with van der Waals surface area (Å²) in [5.74, 6) is 1.24. The van der Waals surface area contributed by atoms with Gasteiger partial charge in [0.1, 0.15) is 5.75 Å². The van der Waals surface area contributed by atoms with E-state index in [9.17, 15) is 0 Å². The van der Waals surface area contributed by atoms with E-state index in [2.05, 4.69) is 6.92 Å². The minimum absolute atomic E-state index is 0.0598. The highest BCUT2D eigenvalue weighted by Gasteiger charge is 2.46. The molecular weight excluding hydrogens is 250 g/mol. The molecule has 100 valence electrons. The van der Waals surface area contributed by atoms with Gasteiger partial charge in [-0.05, 0) is 37.1 Å². The number of nitrogens with two attached hydrogens (primary N) is 1. The van der Waals surface area contributed by atoms with Crippen molar-refractivity contribution in [3.8, 4) is 5.75 Å². The summed E-state index contributed by atoms with van der Waals surface area (Å²) in [5, 5.41) is 0.735. The van der Waals surface area contributed by atoms with Gasteiger partial charge in [0.2, 0.25) is 0 Å². The second-order valence-electron chi connectivity index (χ2n) is 5.09. The predicted octanol–water partition coefficient (Wildman–Crippen LogP) is 2.52. The topological polar surface area (TPSA) is 44.5 Å². The molecule has 0 aromatic heterocycles. The van der Waals surface area contributed by atoms with Crippen LogP contribution in [0.5, 0.6) is 5.75 Å².